The van der Waals surface area contributed by atoms with Crippen molar-refractivity contribution in [2.24, 2.45) is 0 Å². The molecule has 6 nitrogen and oxygen atoms in total. The third kappa shape index (κ3) is 4.16. The normalized spacial score (nSPS) is 14.0. The van der Waals surface area contributed by atoms with Crippen LogP contribution in [0.2, 0.25) is 0 Å². The van der Waals surface area contributed by atoms with Crippen LogP contribution in [0.1, 0.15) is 32.8 Å². The molecule has 8 heteroatoms. The van der Waals surface area contributed by atoms with Crippen LogP contribution in [0.3, 0.4) is 0 Å². The van der Waals surface area contributed by atoms with E-state index in [1.54, 1.807) is 0 Å². The van der Waals surface area contributed by atoms with E-state index in [9.17, 15) is 18.0 Å². The summed E-state index contributed by atoms with van der Waals surface area (Å²) < 4.78 is 26.2. The van der Waals surface area contributed by atoms with Crippen molar-refractivity contribution in [3.63, 3.8) is 0 Å². The van der Waals surface area contributed by atoms with Crippen LogP contribution < -0.4 is 10.2 Å². The van der Waals surface area contributed by atoms with Gasteiger partial charge in [-0.2, -0.15) is 0 Å². The van der Waals surface area contributed by atoms with Gasteiger partial charge in [0.25, 0.3) is 0 Å². The fourth-order valence-corrected chi connectivity index (χ4v) is 4.93. The topological polar surface area (TPSA) is 83.6 Å². The molecule has 0 aliphatic carbocycles. The minimum atomic E-state index is -3.69. The number of hydrogen-bond donors (Lipinski definition) is 1. The first kappa shape index (κ1) is 18.9. The van der Waals surface area contributed by atoms with Crippen LogP contribution >= 0.6 is 15.9 Å². The summed E-state index contributed by atoms with van der Waals surface area (Å²) in [6.45, 7) is 5.53. The summed E-state index contributed by atoms with van der Waals surface area (Å²) in [4.78, 5) is 25.2. The molecule has 0 aromatic heterocycles. The lowest BCUT2D eigenvalue weighted by Crippen LogP contribution is -2.32. The lowest BCUT2D eigenvalue weighted by molar-refractivity contribution is -0.121. The lowest BCUT2D eigenvalue weighted by Gasteiger charge is -2.19. The van der Waals surface area contributed by atoms with Gasteiger partial charge in [-0.15, -0.1) is 0 Å². The summed E-state index contributed by atoms with van der Waals surface area (Å²) in [5, 5.41) is 2.68. The summed E-state index contributed by atoms with van der Waals surface area (Å²) in [6, 6.07) is 3.31. The van der Waals surface area contributed by atoms with E-state index in [1.165, 1.54) is 17.9 Å². The van der Waals surface area contributed by atoms with E-state index < -0.39 is 9.84 Å². The Bertz CT molecular complexity index is 775. The number of carbonyl (C=O) groups excluding carboxylic acids is 2. The molecule has 0 saturated carbocycles. The van der Waals surface area contributed by atoms with E-state index in [2.05, 4.69) is 21.2 Å². The zero-order chi connectivity index (χ0) is 18.1. The van der Waals surface area contributed by atoms with Gasteiger partial charge in [-0.1, -0.05) is 15.9 Å². The van der Waals surface area contributed by atoms with E-state index >= 15 is 0 Å². The first-order valence-corrected chi connectivity index (χ1v) is 10.2. The molecular weight excluding hydrogens is 396 g/mol. The molecule has 0 spiro atoms. The maximum atomic E-state index is 12.8. The second kappa shape index (κ2) is 7.23. The van der Waals surface area contributed by atoms with E-state index in [1.807, 2.05) is 19.9 Å². The summed E-state index contributed by atoms with van der Waals surface area (Å²) in [7, 11) is -3.69. The molecule has 2 rings (SSSR count). The summed E-state index contributed by atoms with van der Waals surface area (Å²) in [6.07, 6.45) is 0.507. The van der Waals surface area contributed by atoms with Gasteiger partial charge < -0.3 is 10.2 Å². The number of nitrogens with zero attached hydrogens (tertiary/aromatic N) is 1. The Morgan fingerprint density at radius 2 is 2.00 bits per heavy atom. The van der Waals surface area contributed by atoms with Crippen molar-refractivity contribution in [2.45, 2.75) is 44.6 Å². The molecule has 0 bridgehead atoms. The average molecular weight is 417 g/mol. The van der Waals surface area contributed by atoms with Crippen molar-refractivity contribution < 1.29 is 18.0 Å². The Morgan fingerprint density at radius 1 is 1.33 bits per heavy atom. The van der Waals surface area contributed by atoms with Crippen LogP contribution in [0.5, 0.6) is 0 Å². The molecule has 1 aromatic rings. The van der Waals surface area contributed by atoms with Gasteiger partial charge >= 0.3 is 0 Å². The molecule has 1 heterocycles. The number of hydrogen-bond acceptors (Lipinski definition) is 4. The third-order valence-corrected chi connectivity index (χ3v) is 5.94. The molecule has 0 unspecified atom stereocenters. The quantitative estimate of drug-likeness (QED) is 0.795. The predicted molar refractivity (Wildman–Crippen MR) is 95.8 cm³/mol. The van der Waals surface area contributed by atoms with Gasteiger partial charge in [-0.25, -0.2) is 8.42 Å². The van der Waals surface area contributed by atoms with E-state index in [4.69, 9.17) is 0 Å². The number of anilines is 1. The van der Waals surface area contributed by atoms with Gasteiger partial charge in [0.15, 0.2) is 9.84 Å². The van der Waals surface area contributed by atoms with Crippen LogP contribution in [0, 0.1) is 0 Å². The van der Waals surface area contributed by atoms with Gasteiger partial charge in [0, 0.05) is 30.4 Å². The monoisotopic (exact) mass is 416 g/mol. The van der Waals surface area contributed by atoms with E-state index in [0.29, 0.717) is 23.1 Å². The first-order valence-electron chi connectivity index (χ1n) is 7.74. The summed E-state index contributed by atoms with van der Waals surface area (Å²) >= 11 is 3.33. The van der Waals surface area contributed by atoms with Crippen LogP contribution in [-0.2, 0) is 25.8 Å². The van der Waals surface area contributed by atoms with Crippen LogP contribution in [0.4, 0.5) is 5.69 Å². The van der Waals surface area contributed by atoms with Gasteiger partial charge in [-0.3, -0.25) is 9.59 Å². The Balaban J connectivity index is 2.34. The molecule has 1 aliphatic rings. The third-order valence-electron chi connectivity index (χ3n) is 3.76. The largest absolute Gasteiger partial charge is 0.354 e. The second-order valence-corrected chi connectivity index (χ2v) is 9.12. The smallest absolute Gasteiger partial charge is 0.223 e. The standard InChI is InChI=1S/C16H21BrN2O4S/c1-10(2)18-15(21)5-7-24(22,23)14-9-13(17)8-12-4-6-19(11(3)20)16(12)14/h8-10H,4-7H2,1-3H3,(H,18,21). The van der Waals surface area contributed by atoms with Crippen molar-refractivity contribution in [3.05, 3.63) is 22.2 Å². The van der Waals surface area contributed by atoms with Crippen molar-refractivity contribution >= 4 is 43.3 Å². The molecule has 1 aliphatic heterocycles. The number of carbonyl (C=O) groups is 2. The Morgan fingerprint density at radius 3 is 2.58 bits per heavy atom. The number of halogens is 1. The summed E-state index contributed by atoms with van der Waals surface area (Å²) in [5.41, 5.74) is 1.28. The molecule has 0 saturated heterocycles. The van der Waals surface area contributed by atoms with Crippen molar-refractivity contribution in [3.8, 4) is 0 Å². The number of amides is 2. The zero-order valence-electron chi connectivity index (χ0n) is 13.9. The van der Waals surface area contributed by atoms with Crippen LogP contribution in [0.15, 0.2) is 21.5 Å². The highest BCUT2D eigenvalue weighted by Crippen LogP contribution is 2.38. The summed E-state index contributed by atoms with van der Waals surface area (Å²) in [5.74, 6) is -0.783. The number of rotatable bonds is 5. The van der Waals surface area contributed by atoms with E-state index in [0.717, 1.165) is 5.56 Å². The average Bonchev–Trinajstić information content (AvgIpc) is 2.87. The van der Waals surface area contributed by atoms with Crippen LogP contribution in [0.25, 0.3) is 0 Å². The van der Waals surface area contributed by atoms with Gasteiger partial charge in [0.05, 0.1) is 16.3 Å². The molecule has 0 radical (unpaired) electrons. The number of benzene rings is 1. The van der Waals surface area contributed by atoms with Crippen molar-refractivity contribution in [1.29, 1.82) is 0 Å². The molecule has 1 aromatic carbocycles. The molecule has 132 valence electrons. The highest BCUT2D eigenvalue weighted by molar-refractivity contribution is 9.10. The first-order chi connectivity index (χ1) is 11.1. The van der Waals surface area contributed by atoms with Crippen molar-refractivity contribution in [2.75, 3.05) is 17.2 Å². The molecule has 0 fully saturated rings. The van der Waals surface area contributed by atoms with Gasteiger partial charge in [-0.05, 0) is 38.0 Å². The highest BCUT2D eigenvalue weighted by Gasteiger charge is 2.31. The Kier molecular flexibility index (Phi) is 5.70. The zero-order valence-corrected chi connectivity index (χ0v) is 16.3. The number of sulfone groups is 1. The predicted octanol–water partition coefficient (Wildman–Crippen LogP) is 2.05. The fraction of sp³-hybridized carbons (Fsp3) is 0.500. The maximum absolute atomic E-state index is 12.8. The van der Waals surface area contributed by atoms with Gasteiger partial charge in [0.2, 0.25) is 11.8 Å². The molecule has 0 atom stereocenters. The molecular formula is C16H21BrN2O4S. The second-order valence-electron chi connectivity index (χ2n) is 6.12. The fourth-order valence-electron chi connectivity index (χ4n) is 2.75. The highest BCUT2D eigenvalue weighted by atomic mass is 79.9. The Hall–Kier alpha value is -1.41. The minimum Gasteiger partial charge on any atom is -0.354 e. The number of nitrogens with one attached hydrogen (secondary N) is 1. The van der Waals surface area contributed by atoms with Crippen LogP contribution in [-0.4, -0.2) is 38.6 Å². The van der Waals surface area contributed by atoms with Crippen molar-refractivity contribution in [1.82, 2.24) is 5.32 Å². The molecule has 2 amide bonds. The van der Waals surface area contributed by atoms with Gasteiger partial charge in [0.1, 0.15) is 0 Å². The lowest BCUT2D eigenvalue weighted by atomic mass is 10.2. The molecule has 24 heavy (non-hydrogen) atoms. The number of fused-ring (bicyclic) bond motifs is 1. The minimum absolute atomic E-state index is 0.0384. The molecule has 1 N–H and O–H groups in total. The Labute approximate surface area is 150 Å². The SMILES string of the molecule is CC(=O)N1CCc2cc(Br)cc(S(=O)(=O)CCC(=O)NC(C)C)c21. The maximum Gasteiger partial charge on any atom is 0.223 e. The van der Waals surface area contributed by atoms with E-state index in [-0.39, 0.29) is 34.9 Å².